The van der Waals surface area contributed by atoms with Gasteiger partial charge in [-0.2, -0.15) is 0 Å². The Kier molecular flexibility index (Phi) is 5.53. The lowest BCUT2D eigenvalue weighted by atomic mass is 10.1. The highest BCUT2D eigenvalue weighted by Crippen LogP contribution is 2.21. The molecule has 1 atom stereocenters. The van der Waals surface area contributed by atoms with Crippen LogP contribution in [0.1, 0.15) is 18.4 Å². The van der Waals surface area contributed by atoms with Crippen LogP contribution in [-0.2, 0) is 20.9 Å². The molecule has 0 radical (unpaired) electrons. The van der Waals surface area contributed by atoms with E-state index in [-0.39, 0.29) is 12.5 Å². The number of amides is 3. The summed E-state index contributed by atoms with van der Waals surface area (Å²) in [5.41, 5.74) is 0.919. The first-order valence-electron chi connectivity index (χ1n) is 8.64. The predicted molar refractivity (Wildman–Crippen MR) is 90.6 cm³/mol. The summed E-state index contributed by atoms with van der Waals surface area (Å²) in [5, 5.41) is 0. The zero-order valence-corrected chi connectivity index (χ0v) is 14.2. The van der Waals surface area contributed by atoms with Gasteiger partial charge in [0, 0.05) is 32.7 Å². The molecule has 2 heterocycles. The molecule has 0 spiro atoms. The van der Waals surface area contributed by atoms with Crippen molar-refractivity contribution in [3.8, 4) is 0 Å². The number of nitrogens with zero attached hydrogens (tertiary/aromatic N) is 3. The molecule has 1 unspecified atom stereocenters. The Morgan fingerprint density at radius 3 is 2.48 bits per heavy atom. The van der Waals surface area contributed by atoms with E-state index in [4.69, 9.17) is 4.74 Å². The minimum Gasteiger partial charge on any atom is -0.445 e. The summed E-state index contributed by atoms with van der Waals surface area (Å²) in [6.07, 6.45) is 1.83. The molecule has 0 saturated carbocycles. The zero-order valence-electron chi connectivity index (χ0n) is 14.2. The Labute approximate surface area is 147 Å². The van der Waals surface area contributed by atoms with Crippen LogP contribution in [0.5, 0.6) is 0 Å². The molecule has 0 N–H and O–H groups in total. The van der Waals surface area contributed by atoms with Gasteiger partial charge in [0.2, 0.25) is 12.3 Å². The highest BCUT2D eigenvalue weighted by atomic mass is 16.6. The topological polar surface area (TPSA) is 70.2 Å². The Bertz CT molecular complexity index is 614. The van der Waals surface area contributed by atoms with Crippen LogP contribution in [0.15, 0.2) is 30.3 Å². The summed E-state index contributed by atoms with van der Waals surface area (Å²) in [5.74, 6) is -0.0419. The van der Waals surface area contributed by atoms with E-state index in [9.17, 15) is 14.4 Å². The second-order valence-electron chi connectivity index (χ2n) is 6.36. The largest absolute Gasteiger partial charge is 0.445 e. The molecular formula is C18H23N3O4. The molecule has 3 rings (SSSR count). The Morgan fingerprint density at radius 2 is 1.80 bits per heavy atom. The zero-order chi connectivity index (χ0) is 17.6. The van der Waals surface area contributed by atoms with Gasteiger partial charge in [0.05, 0.1) is 0 Å². The smallest absolute Gasteiger partial charge is 0.410 e. The average molecular weight is 345 g/mol. The monoisotopic (exact) mass is 345 g/mol. The fraction of sp³-hybridized carbons (Fsp3) is 0.500. The maximum Gasteiger partial charge on any atom is 0.410 e. The average Bonchev–Trinajstić information content (AvgIpc) is 3.16. The van der Waals surface area contributed by atoms with Gasteiger partial charge in [-0.05, 0) is 18.4 Å². The second kappa shape index (κ2) is 8.00. The minimum atomic E-state index is -0.453. The van der Waals surface area contributed by atoms with Crippen molar-refractivity contribution >= 4 is 18.4 Å². The SMILES string of the molecule is O=CN1CCN(C(=O)C2CCCN2C(=O)OCc2ccccc2)CC1. The summed E-state index contributed by atoms with van der Waals surface area (Å²) < 4.78 is 5.38. The van der Waals surface area contributed by atoms with Crippen molar-refractivity contribution in [2.45, 2.75) is 25.5 Å². The Hall–Kier alpha value is -2.57. The van der Waals surface area contributed by atoms with E-state index in [1.54, 1.807) is 9.80 Å². The van der Waals surface area contributed by atoms with Crippen LogP contribution in [0.3, 0.4) is 0 Å². The van der Waals surface area contributed by atoms with Crippen LogP contribution in [0, 0.1) is 0 Å². The lowest BCUT2D eigenvalue weighted by Gasteiger charge is -2.35. The lowest BCUT2D eigenvalue weighted by Crippen LogP contribution is -2.54. The molecule has 7 heteroatoms. The molecule has 7 nitrogen and oxygen atoms in total. The maximum atomic E-state index is 12.8. The van der Waals surface area contributed by atoms with Crippen LogP contribution in [0.25, 0.3) is 0 Å². The number of hydrogen-bond acceptors (Lipinski definition) is 4. The molecule has 3 amide bonds. The summed E-state index contributed by atoms with van der Waals surface area (Å²) in [6.45, 7) is 2.86. The summed E-state index contributed by atoms with van der Waals surface area (Å²) in [6, 6.07) is 9.03. The van der Waals surface area contributed by atoms with Crippen molar-refractivity contribution in [2.24, 2.45) is 0 Å². The fourth-order valence-electron chi connectivity index (χ4n) is 3.30. The highest BCUT2D eigenvalue weighted by molar-refractivity contribution is 5.86. The van der Waals surface area contributed by atoms with Gasteiger partial charge in [-0.25, -0.2) is 4.79 Å². The number of ether oxygens (including phenoxy) is 1. The van der Waals surface area contributed by atoms with E-state index in [0.29, 0.717) is 39.1 Å². The summed E-state index contributed by atoms with van der Waals surface area (Å²) >= 11 is 0. The van der Waals surface area contributed by atoms with E-state index in [1.807, 2.05) is 30.3 Å². The van der Waals surface area contributed by atoms with Gasteiger partial charge in [0.15, 0.2) is 0 Å². The van der Waals surface area contributed by atoms with E-state index in [0.717, 1.165) is 18.4 Å². The molecule has 1 aromatic rings. The number of carbonyl (C=O) groups excluding carboxylic acids is 3. The van der Waals surface area contributed by atoms with Gasteiger partial charge in [-0.3, -0.25) is 14.5 Å². The van der Waals surface area contributed by atoms with Crippen LogP contribution < -0.4 is 0 Å². The standard InChI is InChI=1S/C18H23N3O4/c22-14-19-9-11-20(12-10-19)17(23)16-7-4-8-21(16)18(24)25-13-15-5-2-1-3-6-15/h1-3,5-6,14,16H,4,7-13H2. The third-order valence-corrected chi connectivity index (χ3v) is 4.75. The number of piperazine rings is 1. The van der Waals surface area contributed by atoms with Gasteiger partial charge < -0.3 is 14.5 Å². The molecule has 25 heavy (non-hydrogen) atoms. The summed E-state index contributed by atoms with van der Waals surface area (Å²) in [7, 11) is 0. The molecule has 2 saturated heterocycles. The first-order chi connectivity index (χ1) is 12.2. The van der Waals surface area contributed by atoms with E-state index in [1.165, 1.54) is 4.90 Å². The van der Waals surface area contributed by atoms with Crippen LogP contribution in [-0.4, -0.2) is 71.9 Å². The highest BCUT2D eigenvalue weighted by Gasteiger charge is 2.38. The molecule has 2 fully saturated rings. The maximum absolute atomic E-state index is 12.8. The normalized spacial score (nSPS) is 20.5. The van der Waals surface area contributed by atoms with Gasteiger partial charge in [0.25, 0.3) is 0 Å². The van der Waals surface area contributed by atoms with Crippen molar-refractivity contribution < 1.29 is 19.1 Å². The van der Waals surface area contributed by atoms with Crippen molar-refractivity contribution in [2.75, 3.05) is 32.7 Å². The first kappa shape index (κ1) is 17.3. The molecule has 1 aromatic carbocycles. The predicted octanol–water partition coefficient (Wildman–Crippen LogP) is 1.09. The van der Waals surface area contributed by atoms with E-state index < -0.39 is 12.1 Å². The molecule has 0 aromatic heterocycles. The van der Waals surface area contributed by atoms with Crippen molar-refractivity contribution in [1.82, 2.24) is 14.7 Å². The number of benzene rings is 1. The van der Waals surface area contributed by atoms with E-state index in [2.05, 4.69) is 0 Å². The van der Waals surface area contributed by atoms with Crippen molar-refractivity contribution in [1.29, 1.82) is 0 Å². The van der Waals surface area contributed by atoms with E-state index >= 15 is 0 Å². The Morgan fingerprint density at radius 1 is 1.08 bits per heavy atom. The van der Waals surface area contributed by atoms with Crippen LogP contribution in [0.4, 0.5) is 4.79 Å². The van der Waals surface area contributed by atoms with Crippen molar-refractivity contribution in [3.63, 3.8) is 0 Å². The molecular weight excluding hydrogens is 322 g/mol. The summed E-state index contributed by atoms with van der Waals surface area (Å²) in [4.78, 5) is 40.9. The van der Waals surface area contributed by atoms with Gasteiger partial charge >= 0.3 is 6.09 Å². The number of likely N-dealkylation sites (tertiary alicyclic amines) is 1. The third-order valence-electron chi connectivity index (χ3n) is 4.75. The minimum absolute atomic E-state index is 0.0419. The molecule has 134 valence electrons. The Balaban J connectivity index is 1.55. The molecule has 2 aliphatic heterocycles. The molecule has 0 aliphatic carbocycles. The molecule has 0 bridgehead atoms. The second-order valence-corrected chi connectivity index (χ2v) is 6.36. The first-order valence-corrected chi connectivity index (χ1v) is 8.64. The quantitative estimate of drug-likeness (QED) is 0.766. The third kappa shape index (κ3) is 4.10. The van der Waals surface area contributed by atoms with Crippen LogP contribution in [0.2, 0.25) is 0 Å². The number of carbonyl (C=O) groups is 3. The van der Waals surface area contributed by atoms with Gasteiger partial charge in [-0.15, -0.1) is 0 Å². The van der Waals surface area contributed by atoms with Crippen molar-refractivity contribution in [3.05, 3.63) is 35.9 Å². The number of rotatable bonds is 4. The van der Waals surface area contributed by atoms with Gasteiger partial charge in [0.1, 0.15) is 12.6 Å². The lowest BCUT2D eigenvalue weighted by molar-refractivity contribution is -0.139. The molecule has 2 aliphatic rings. The fourth-order valence-corrected chi connectivity index (χ4v) is 3.30. The van der Waals surface area contributed by atoms with Crippen LogP contribution >= 0.6 is 0 Å². The van der Waals surface area contributed by atoms with Gasteiger partial charge in [-0.1, -0.05) is 30.3 Å². The number of hydrogen-bond donors (Lipinski definition) is 0.